The minimum atomic E-state index is 0.402. The van der Waals surface area contributed by atoms with Gasteiger partial charge in [-0.15, -0.1) is 0 Å². The Hall–Kier alpha value is -0.860. The Labute approximate surface area is 84.3 Å². The van der Waals surface area contributed by atoms with Crippen LogP contribution in [0.25, 0.3) is 0 Å². The molecule has 1 aromatic rings. The lowest BCUT2D eigenvalue weighted by Gasteiger charge is -2.37. The van der Waals surface area contributed by atoms with Crippen LogP contribution in [0.5, 0.6) is 0 Å². The summed E-state index contributed by atoms with van der Waals surface area (Å²) in [5.74, 6) is 0. The summed E-state index contributed by atoms with van der Waals surface area (Å²) in [7, 11) is 0. The van der Waals surface area contributed by atoms with Crippen molar-refractivity contribution in [3.05, 3.63) is 35.4 Å². The lowest BCUT2D eigenvalue weighted by molar-refractivity contribution is -0.00735. The molecule has 1 aromatic carbocycles. The molecule has 1 aliphatic heterocycles. The van der Waals surface area contributed by atoms with Crippen LogP contribution in [0.4, 0.5) is 0 Å². The second-order valence-electron chi connectivity index (χ2n) is 4.15. The molecular weight excluding hydrogens is 174 g/mol. The lowest BCUT2D eigenvalue weighted by atomic mass is 9.85. The molecular formula is C12H15NO. The monoisotopic (exact) mass is 189 g/mol. The van der Waals surface area contributed by atoms with E-state index in [1.54, 1.807) is 0 Å². The van der Waals surface area contributed by atoms with Crippen molar-refractivity contribution in [1.29, 1.82) is 0 Å². The second kappa shape index (κ2) is 3.37. The van der Waals surface area contributed by atoms with Gasteiger partial charge < -0.3 is 10.1 Å². The SMILES string of the molecule is c1ccc2c(c1)C[C@H]1NCCO[C@@H]1C2. The number of hydrogen-bond donors (Lipinski definition) is 1. The lowest BCUT2D eigenvalue weighted by Crippen LogP contribution is -2.52. The molecule has 0 radical (unpaired) electrons. The number of morpholine rings is 1. The highest BCUT2D eigenvalue weighted by Crippen LogP contribution is 2.24. The zero-order valence-corrected chi connectivity index (χ0v) is 8.20. The Morgan fingerprint density at radius 2 is 1.93 bits per heavy atom. The highest BCUT2D eigenvalue weighted by Gasteiger charge is 2.30. The van der Waals surface area contributed by atoms with Crippen LogP contribution in [0, 0.1) is 0 Å². The van der Waals surface area contributed by atoms with E-state index in [-0.39, 0.29) is 0 Å². The molecule has 0 unspecified atom stereocenters. The van der Waals surface area contributed by atoms with Crippen LogP contribution >= 0.6 is 0 Å². The second-order valence-corrected chi connectivity index (χ2v) is 4.15. The van der Waals surface area contributed by atoms with Crippen molar-refractivity contribution in [2.24, 2.45) is 0 Å². The highest BCUT2D eigenvalue weighted by molar-refractivity contribution is 5.31. The van der Waals surface area contributed by atoms with Crippen molar-refractivity contribution in [2.45, 2.75) is 25.0 Å². The summed E-state index contributed by atoms with van der Waals surface area (Å²) >= 11 is 0. The van der Waals surface area contributed by atoms with E-state index in [2.05, 4.69) is 29.6 Å². The molecule has 14 heavy (non-hydrogen) atoms. The maximum Gasteiger partial charge on any atom is 0.0772 e. The molecule has 0 spiro atoms. The van der Waals surface area contributed by atoms with Gasteiger partial charge in [-0.05, 0) is 17.5 Å². The minimum absolute atomic E-state index is 0.402. The summed E-state index contributed by atoms with van der Waals surface area (Å²) in [6, 6.07) is 9.25. The van der Waals surface area contributed by atoms with Crippen molar-refractivity contribution in [2.75, 3.05) is 13.2 Å². The van der Waals surface area contributed by atoms with Crippen molar-refractivity contribution in [3.8, 4) is 0 Å². The Bertz CT molecular complexity index is 304. The van der Waals surface area contributed by atoms with E-state index in [9.17, 15) is 0 Å². The Morgan fingerprint density at radius 3 is 2.79 bits per heavy atom. The van der Waals surface area contributed by atoms with Crippen LogP contribution in [0.1, 0.15) is 11.1 Å². The van der Waals surface area contributed by atoms with E-state index in [1.807, 2.05) is 0 Å². The van der Waals surface area contributed by atoms with E-state index in [0.29, 0.717) is 12.1 Å². The van der Waals surface area contributed by atoms with Crippen molar-refractivity contribution >= 4 is 0 Å². The topological polar surface area (TPSA) is 21.3 Å². The van der Waals surface area contributed by atoms with Crippen LogP contribution in [-0.2, 0) is 17.6 Å². The molecule has 2 nitrogen and oxygen atoms in total. The smallest absolute Gasteiger partial charge is 0.0772 e. The molecule has 0 bridgehead atoms. The first-order chi connectivity index (χ1) is 6.93. The largest absolute Gasteiger partial charge is 0.375 e. The number of rotatable bonds is 0. The number of fused-ring (bicyclic) bond motifs is 2. The van der Waals surface area contributed by atoms with E-state index in [4.69, 9.17) is 4.74 Å². The van der Waals surface area contributed by atoms with Gasteiger partial charge in [0.05, 0.1) is 12.7 Å². The third kappa shape index (κ3) is 1.35. The summed E-state index contributed by atoms with van der Waals surface area (Å²) in [5, 5.41) is 3.54. The molecule has 1 aliphatic carbocycles. The van der Waals surface area contributed by atoms with Crippen LogP contribution in [0.2, 0.25) is 0 Å². The third-order valence-electron chi connectivity index (χ3n) is 3.27. The van der Waals surface area contributed by atoms with Crippen LogP contribution in [0.3, 0.4) is 0 Å². The van der Waals surface area contributed by atoms with Crippen LogP contribution in [0.15, 0.2) is 24.3 Å². The molecule has 1 saturated heterocycles. The van der Waals surface area contributed by atoms with Gasteiger partial charge in [-0.2, -0.15) is 0 Å². The Kier molecular flexibility index (Phi) is 2.03. The molecule has 0 saturated carbocycles. The predicted octanol–water partition coefficient (Wildman–Crippen LogP) is 1.14. The molecule has 0 amide bonds. The van der Waals surface area contributed by atoms with Gasteiger partial charge in [0.1, 0.15) is 0 Å². The van der Waals surface area contributed by atoms with Crippen molar-refractivity contribution in [3.63, 3.8) is 0 Å². The van der Waals surface area contributed by atoms with E-state index >= 15 is 0 Å². The molecule has 1 fully saturated rings. The van der Waals surface area contributed by atoms with Gasteiger partial charge in [0.25, 0.3) is 0 Å². The van der Waals surface area contributed by atoms with Gasteiger partial charge in [-0.3, -0.25) is 0 Å². The Morgan fingerprint density at radius 1 is 1.14 bits per heavy atom. The summed E-state index contributed by atoms with van der Waals surface area (Å²) in [6.45, 7) is 1.87. The molecule has 2 aliphatic rings. The molecule has 2 heteroatoms. The average molecular weight is 189 g/mol. The summed E-state index contributed by atoms with van der Waals surface area (Å²) in [6.07, 6.45) is 2.60. The first kappa shape index (κ1) is 8.45. The quantitative estimate of drug-likeness (QED) is 0.661. The van der Waals surface area contributed by atoms with Gasteiger partial charge in [-0.25, -0.2) is 0 Å². The fourth-order valence-electron chi connectivity index (χ4n) is 2.52. The molecule has 2 atom stereocenters. The van der Waals surface area contributed by atoms with E-state index < -0.39 is 0 Å². The van der Waals surface area contributed by atoms with Gasteiger partial charge in [-0.1, -0.05) is 24.3 Å². The number of ether oxygens (including phenoxy) is 1. The zero-order chi connectivity index (χ0) is 9.38. The summed E-state index contributed by atoms with van der Waals surface area (Å²) < 4.78 is 5.78. The number of nitrogens with one attached hydrogen (secondary N) is 1. The predicted molar refractivity (Wildman–Crippen MR) is 55.4 cm³/mol. The molecule has 74 valence electrons. The van der Waals surface area contributed by atoms with Gasteiger partial charge in [0.15, 0.2) is 0 Å². The summed E-state index contributed by atoms with van der Waals surface area (Å²) in [4.78, 5) is 0. The van der Waals surface area contributed by atoms with Gasteiger partial charge >= 0.3 is 0 Å². The van der Waals surface area contributed by atoms with Crippen molar-refractivity contribution < 1.29 is 4.74 Å². The van der Waals surface area contributed by atoms with Gasteiger partial charge in [0, 0.05) is 19.0 Å². The van der Waals surface area contributed by atoms with Gasteiger partial charge in [0.2, 0.25) is 0 Å². The maximum atomic E-state index is 5.78. The zero-order valence-electron chi connectivity index (χ0n) is 8.20. The number of hydrogen-bond acceptors (Lipinski definition) is 2. The highest BCUT2D eigenvalue weighted by atomic mass is 16.5. The van der Waals surface area contributed by atoms with Crippen molar-refractivity contribution in [1.82, 2.24) is 5.32 Å². The molecule has 3 rings (SSSR count). The Balaban J connectivity index is 1.91. The molecule has 1 N–H and O–H groups in total. The summed E-state index contributed by atoms with van der Waals surface area (Å²) in [5.41, 5.74) is 2.96. The van der Waals surface area contributed by atoms with E-state index in [0.717, 1.165) is 26.0 Å². The first-order valence-corrected chi connectivity index (χ1v) is 5.35. The maximum absolute atomic E-state index is 5.78. The van der Waals surface area contributed by atoms with Crippen LogP contribution in [-0.4, -0.2) is 25.3 Å². The fourth-order valence-corrected chi connectivity index (χ4v) is 2.52. The third-order valence-corrected chi connectivity index (χ3v) is 3.27. The standard InChI is InChI=1S/C12H15NO/c1-2-4-10-8-12-11(7-9(10)3-1)13-5-6-14-12/h1-4,11-13H,5-8H2/t11-,12-/m1/s1. The number of benzene rings is 1. The minimum Gasteiger partial charge on any atom is -0.375 e. The first-order valence-electron chi connectivity index (χ1n) is 5.35. The molecule has 0 aromatic heterocycles. The molecule has 1 heterocycles. The fraction of sp³-hybridized carbons (Fsp3) is 0.500. The van der Waals surface area contributed by atoms with E-state index in [1.165, 1.54) is 11.1 Å². The average Bonchev–Trinajstić information content (AvgIpc) is 2.26. The normalized spacial score (nSPS) is 30.6. The van der Waals surface area contributed by atoms with Crippen LogP contribution < -0.4 is 5.32 Å².